The lowest BCUT2D eigenvalue weighted by Crippen LogP contribution is -2.33. The van der Waals surface area contributed by atoms with Crippen molar-refractivity contribution in [3.8, 4) is 0 Å². The van der Waals surface area contributed by atoms with Gasteiger partial charge in [0, 0.05) is 11.6 Å². The van der Waals surface area contributed by atoms with Gasteiger partial charge in [-0.2, -0.15) is 22.0 Å². The maximum Gasteiger partial charge on any atom is 0.458 e. The molecule has 1 aromatic rings. The molecule has 0 unspecified atom stereocenters. The molecule has 0 aliphatic carbocycles. The summed E-state index contributed by atoms with van der Waals surface area (Å²) in [5.74, 6) is -4.99. The van der Waals surface area contributed by atoms with E-state index in [1.54, 1.807) is 0 Å². The number of hydrogen-bond donors (Lipinski definition) is 0. The van der Waals surface area contributed by atoms with Gasteiger partial charge in [-0.25, -0.2) is 0 Å². The van der Waals surface area contributed by atoms with Gasteiger partial charge >= 0.3 is 12.1 Å². The van der Waals surface area contributed by atoms with E-state index in [1.165, 1.54) is 6.07 Å². The van der Waals surface area contributed by atoms with E-state index >= 15 is 0 Å². The summed E-state index contributed by atoms with van der Waals surface area (Å²) in [5, 5.41) is 10.0. The second-order valence-electron chi connectivity index (χ2n) is 3.30. The van der Waals surface area contributed by atoms with Gasteiger partial charge in [0.05, 0.1) is 4.92 Å². The van der Waals surface area contributed by atoms with Crippen molar-refractivity contribution >= 4 is 6.08 Å². The third-order valence-electron chi connectivity index (χ3n) is 1.99. The molecule has 0 saturated carbocycles. The summed E-state index contributed by atoms with van der Waals surface area (Å²) >= 11 is 0. The monoisotopic (exact) mass is 267 g/mol. The SMILES string of the molecule is O=[N+]([O-])/C=C/c1cccc(C(F)(F)C(F)(F)F)c1. The molecule has 0 aliphatic heterocycles. The fourth-order valence-corrected chi connectivity index (χ4v) is 1.15. The molecular formula is C10H6F5NO2. The zero-order valence-corrected chi connectivity index (χ0v) is 8.62. The lowest BCUT2D eigenvalue weighted by atomic mass is 10.0. The second-order valence-corrected chi connectivity index (χ2v) is 3.30. The molecule has 3 nitrogen and oxygen atoms in total. The first-order chi connectivity index (χ1) is 8.14. The largest absolute Gasteiger partial charge is 0.458 e. The Morgan fingerprint density at radius 1 is 1.17 bits per heavy atom. The van der Waals surface area contributed by atoms with Crippen LogP contribution in [0.25, 0.3) is 6.08 Å². The lowest BCUT2D eigenvalue weighted by Gasteiger charge is -2.19. The molecule has 0 aliphatic rings. The van der Waals surface area contributed by atoms with Crippen molar-refractivity contribution < 1.29 is 26.9 Å². The van der Waals surface area contributed by atoms with Crippen LogP contribution >= 0.6 is 0 Å². The Hall–Kier alpha value is -1.99. The maximum absolute atomic E-state index is 13.0. The molecule has 0 fully saturated rings. The van der Waals surface area contributed by atoms with Gasteiger partial charge < -0.3 is 0 Å². The summed E-state index contributed by atoms with van der Waals surface area (Å²) < 4.78 is 62.2. The van der Waals surface area contributed by atoms with Gasteiger partial charge in [0.15, 0.2) is 0 Å². The predicted molar refractivity (Wildman–Crippen MR) is 52.4 cm³/mol. The highest BCUT2D eigenvalue weighted by Gasteiger charge is 2.58. The van der Waals surface area contributed by atoms with E-state index in [0.29, 0.717) is 18.3 Å². The highest BCUT2D eigenvalue weighted by Crippen LogP contribution is 2.43. The van der Waals surface area contributed by atoms with Gasteiger partial charge in [-0.3, -0.25) is 10.1 Å². The minimum absolute atomic E-state index is 0.117. The van der Waals surface area contributed by atoms with Gasteiger partial charge in [0.25, 0.3) is 0 Å². The van der Waals surface area contributed by atoms with Crippen LogP contribution < -0.4 is 0 Å². The van der Waals surface area contributed by atoms with Crippen LogP contribution in [0.3, 0.4) is 0 Å². The Morgan fingerprint density at radius 3 is 2.28 bits per heavy atom. The van der Waals surface area contributed by atoms with Crippen LogP contribution in [-0.4, -0.2) is 11.1 Å². The number of nitrogens with zero attached hydrogens (tertiary/aromatic N) is 1. The van der Waals surface area contributed by atoms with Gasteiger partial charge in [-0.05, 0) is 11.6 Å². The van der Waals surface area contributed by atoms with E-state index in [2.05, 4.69) is 0 Å². The van der Waals surface area contributed by atoms with Crippen LogP contribution in [0.2, 0.25) is 0 Å². The van der Waals surface area contributed by atoms with Gasteiger partial charge in [-0.15, -0.1) is 0 Å². The normalized spacial score (nSPS) is 12.9. The minimum atomic E-state index is -5.71. The zero-order valence-electron chi connectivity index (χ0n) is 8.62. The van der Waals surface area contributed by atoms with Crippen LogP contribution in [0.1, 0.15) is 11.1 Å². The Bertz CT molecular complexity index is 481. The standard InChI is InChI=1S/C10H6F5NO2/c11-9(12,10(13,14)15)8-3-1-2-7(6-8)4-5-16(17)18/h1-6H/b5-4+. The van der Waals surface area contributed by atoms with E-state index in [0.717, 1.165) is 12.1 Å². The highest BCUT2D eigenvalue weighted by atomic mass is 19.4. The van der Waals surface area contributed by atoms with Crippen LogP contribution in [0.5, 0.6) is 0 Å². The third-order valence-corrected chi connectivity index (χ3v) is 1.99. The predicted octanol–water partition coefficient (Wildman–Crippen LogP) is 3.59. The molecule has 1 aromatic carbocycles. The number of hydrogen-bond acceptors (Lipinski definition) is 2. The summed E-state index contributed by atoms with van der Waals surface area (Å²) in [6, 6.07) is 3.30. The van der Waals surface area contributed by atoms with Crippen molar-refractivity contribution in [3.05, 3.63) is 51.7 Å². The topological polar surface area (TPSA) is 43.1 Å². The smallest absolute Gasteiger partial charge is 0.259 e. The number of halogens is 5. The molecule has 0 radical (unpaired) electrons. The summed E-state index contributed by atoms with van der Waals surface area (Å²) in [6.45, 7) is 0. The Kier molecular flexibility index (Phi) is 3.68. The summed E-state index contributed by atoms with van der Waals surface area (Å²) in [6.07, 6.45) is -4.43. The van der Waals surface area contributed by atoms with Crippen molar-refractivity contribution in [1.82, 2.24) is 0 Å². The molecule has 0 atom stereocenters. The quantitative estimate of drug-likeness (QED) is 0.477. The average molecular weight is 267 g/mol. The molecule has 1 rings (SSSR count). The second kappa shape index (κ2) is 4.71. The van der Waals surface area contributed by atoms with Crippen LogP contribution in [0, 0.1) is 10.1 Å². The van der Waals surface area contributed by atoms with Crippen LogP contribution in [0.15, 0.2) is 30.5 Å². The molecule has 0 saturated heterocycles. The van der Waals surface area contributed by atoms with Crippen molar-refractivity contribution in [3.63, 3.8) is 0 Å². The summed E-state index contributed by atoms with van der Waals surface area (Å²) in [7, 11) is 0. The molecule has 8 heteroatoms. The molecule has 0 aromatic heterocycles. The highest BCUT2D eigenvalue weighted by molar-refractivity contribution is 5.49. The van der Waals surface area contributed by atoms with Gasteiger partial charge in [0.2, 0.25) is 6.20 Å². The number of benzene rings is 1. The van der Waals surface area contributed by atoms with E-state index < -0.39 is 22.6 Å². The zero-order chi connectivity index (χ0) is 14.0. The summed E-state index contributed by atoms with van der Waals surface area (Å²) in [4.78, 5) is 9.15. The fraction of sp³-hybridized carbons (Fsp3) is 0.200. The van der Waals surface area contributed by atoms with Crippen molar-refractivity contribution in [2.45, 2.75) is 12.1 Å². The lowest BCUT2D eigenvalue weighted by molar-refractivity contribution is -0.400. The number of nitro groups is 1. The average Bonchev–Trinajstić information content (AvgIpc) is 2.25. The molecule has 0 bridgehead atoms. The van der Waals surface area contributed by atoms with Crippen LogP contribution in [0.4, 0.5) is 22.0 Å². The molecule has 0 N–H and O–H groups in total. The van der Waals surface area contributed by atoms with Crippen molar-refractivity contribution in [2.24, 2.45) is 0 Å². The van der Waals surface area contributed by atoms with E-state index in [9.17, 15) is 32.1 Å². The van der Waals surface area contributed by atoms with Crippen molar-refractivity contribution in [2.75, 3.05) is 0 Å². The molecule has 0 amide bonds. The molecule has 98 valence electrons. The molecule has 0 spiro atoms. The summed E-state index contributed by atoms with van der Waals surface area (Å²) in [5.41, 5.74) is -1.38. The fourth-order valence-electron chi connectivity index (χ4n) is 1.15. The van der Waals surface area contributed by atoms with Crippen molar-refractivity contribution in [1.29, 1.82) is 0 Å². The van der Waals surface area contributed by atoms with E-state index in [-0.39, 0.29) is 5.56 Å². The first kappa shape index (κ1) is 14.1. The first-order valence-electron chi connectivity index (χ1n) is 4.51. The number of rotatable bonds is 3. The van der Waals surface area contributed by atoms with Gasteiger partial charge in [-0.1, -0.05) is 18.2 Å². The Labute approximate surface area is 97.7 Å². The Balaban J connectivity index is 3.13. The third kappa shape index (κ3) is 3.02. The number of alkyl halides is 5. The van der Waals surface area contributed by atoms with E-state index in [1.807, 2.05) is 0 Å². The minimum Gasteiger partial charge on any atom is -0.259 e. The first-order valence-corrected chi connectivity index (χ1v) is 4.51. The van der Waals surface area contributed by atoms with E-state index in [4.69, 9.17) is 0 Å². The maximum atomic E-state index is 13.0. The van der Waals surface area contributed by atoms with Crippen LogP contribution in [-0.2, 0) is 5.92 Å². The molecular weight excluding hydrogens is 261 g/mol. The molecule has 0 heterocycles. The van der Waals surface area contributed by atoms with Gasteiger partial charge in [0.1, 0.15) is 0 Å². The Morgan fingerprint density at radius 2 is 1.78 bits per heavy atom. The molecule has 18 heavy (non-hydrogen) atoms.